The lowest BCUT2D eigenvalue weighted by Gasteiger charge is -2.07. The molecule has 0 spiro atoms. The maximum absolute atomic E-state index is 12.6. The van der Waals surface area contributed by atoms with E-state index < -0.39 is 0 Å². The van der Waals surface area contributed by atoms with Crippen molar-refractivity contribution in [1.82, 2.24) is 29.4 Å². The first kappa shape index (κ1) is 18.6. The molecule has 0 aliphatic rings. The molecule has 3 heterocycles. The van der Waals surface area contributed by atoms with Crippen LogP contribution >= 0.6 is 11.8 Å². The highest BCUT2D eigenvalue weighted by Gasteiger charge is 2.16. The van der Waals surface area contributed by atoms with E-state index in [0.29, 0.717) is 33.9 Å². The van der Waals surface area contributed by atoms with Crippen molar-refractivity contribution in [3.05, 3.63) is 69.8 Å². The standard InChI is InChI=1S/C21H18N6O2S/c1-12-8-13(2)10-14(9-12)18-23-25-21(29-18)30-11-17-22-24-20-26(3)19(28)15-6-4-5-7-16(15)27(17)20/h4-10H,11H2,1-3H3. The molecule has 0 unspecified atom stereocenters. The van der Waals surface area contributed by atoms with E-state index >= 15 is 0 Å². The Kier molecular flexibility index (Phi) is 4.39. The summed E-state index contributed by atoms with van der Waals surface area (Å²) in [6.07, 6.45) is 0. The van der Waals surface area contributed by atoms with E-state index in [4.69, 9.17) is 4.42 Å². The summed E-state index contributed by atoms with van der Waals surface area (Å²) in [5, 5.41) is 17.9. The van der Waals surface area contributed by atoms with E-state index in [1.165, 1.54) is 16.3 Å². The molecule has 0 bridgehead atoms. The first-order valence-electron chi connectivity index (χ1n) is 9.38. The highest BCUT2D eigenvalue weighted by molar-refractivity contribution is 7.98. The van der Waals surface area contributed by atoms with Gasteiger partial charge in [-0.15, -0.1) is 20.4 Å². The predicted molar refractivity (Wildman–Crippen MR) is 115 cm³/mol. The van der Waals surface area contributed by atoms with Crippen molar-refractivity contribution in [3.8, 4) is 11.5 Å². The van der Waals surface area contributed by atoms with Crippen molar-refractivity contribution in [1.29, 1.82) is 0 Å². The fourth-order valence-electron chi connectivity index (χ4n) is 3.59. The Bertz CT molecular complexity index is 1450. The van der Waals surface area contributed by atoms with E-state index in [1.807, 2.05) is 54.6 Å². The number of aromatic nitrogens is 6. The van der Waals surface area contributed by atoms with E-state index in [-0.39, 0.29) is 5.56 Å². The molecular weight excluding hydrogens is 400 g/mol. The molecule has 0 atom stereocenters. The van der Waals surface area contributed by atoms with Crippen LogP contribution < -0.4 is 5.56 Å². The molecule has 0 saturated heterocycles. The summed E-state index contributed by atoms with van der Waals surface area (Å²) >= 11 is 1.38. The monoisotopic (exact) mass is 418 g/mol. The van der Waals surface area contributed by atoms with Gasteiger partial charge in [0.05, 0.1) is 16.7 Å². The maximum Gasteiger partial charge on any atom is 0.277 e. The molecule has 0 radical (unpaired) electrons. The Labute approximate surface area is 175 Å². The van der Waals surface area contributed by atoms with Gasteiger partial charge < -0.3 is 4.42 Å². The number of thioether (sulfide) groups is 1. The van der Waals surface area contributed by atoms with Gasteiger partial charge in [-0.25, -0.2) is 0 Å². The van der Waals surface area contributed by atoms with Crippen LogP contribution in [0.1, 0.15) is 17.0 Å². The van der Waals surface area contributed by atoms with E-state index in [9.17, 15) is 4.79 Å². The highest BCUT2D eigenvalue weighted by Crippen LogP contribution is 2.27. The minimum atomic E-state index is -0.0975. The molecule has 0 aliphatic heterocycles. The SMILES string of the molecule is Cc1cc(C)cc(-c2nnc(SCc3nnc4n(C)c(=O)c5ccccc5n34)o2)c1. The Balaban J connectivity index is 1.48. The Hall–Kier alpha value is -3.46. The lowest BCUT2D eigenvalue weighted by atomic mass is 10.1. The second-order valence-electron chi connectivity index (χ2n) is 7.17. The van der Waals surface area contributed by atoms with Crippen LogP contribution in [0.5, 0.6) is 0 Å². The summed E-state index contributed by atoms with van der Waals surface area (Å²) < 4.78 is 9.25. The molecule has 0 saturated carbocycles. The van der Waals surface area contributed by atoms with Crippen molar-refractivity contribution >= 4 is 28.4 Å². The minimum absolute atomic E-state index is 0.0975. The van der Waals surface area contributed by atoms with Crippen LogP contribution in [0.4, 0.5) is 0 Å². The topological polar surface area (TPSA) is 91.1 Å². The zero-order chi connectivity index (χ0) is 20.8. The number of hydrogen-bond donors (Lipinski definition) is 0. The third kappa shape index (κ3) is 3.07. The molecule has 3 aromatic heterocycles. The molecule has 0 aliphatic carbocycles. The van der Waals surface area contributed by atoms with E-state index in [0.717, 1.165) is 22.2 Å². The Morgan fingerprint density at radius 2 is 1.77 bits per heavy atom. The summed E-state index contributed by atoms with van der Waals surface area (Å²) in [6, 6.07) is 13.6. The van der Waals surface area contributed by atoms with Gasteiger partial charge in [-0.1, -0.05) is 41.1 Å². The Morgan fingerprint density at radius 1 is 1.00 bits per heavy atom. The first-order chi connectivity index (χ1) is 14.5. The molecule has 9 heteroatoms. The summed E-state index contributed by atoms with van der Waals surface area (Å²) in [6.45, 7) is 4.08. The lowest BCUT2D eigenvalue weighted by Crippen LogP contribution is -2.20. The van der Waals surface area contributed by atoms with Crippen molar-refractivity contribution in [3.63, 3.8) is 0 Å². The van der Waals surface area contributed by atoms with Gasteiger partial charge in [0.2, 0.25) is 11.7 Å². The highest BCUT2D eigenvalue weighted by atomic mass is 32.2. The quantitative estimate of drug-likeness (QED) is 0.412. The molecule has 0 fully saturated rings. The number of aryl methyl sites for hydroxylation is 3. The second-order valence-corrected chi connectivity index (χ2v) is 8.10. The minimum Gasteiger partial charge on any atom is -0.411 e. The number of rotatable bonds is 4. The summed E-state index contributed by atoms with van der Waals surface area (Å²) in [7, 11) is 1.70. The van der Waals surface area contributed by atoms with Gasteiger partial charge in [-0.05, 0) is 38.1 Å². The molecule has 30 heavy (non-hydrogen) atoms. The van der Waals surface area contributed by atoms with Crippen LogP contribution in [-0.2, 0) is 12.8 Å². The molecule has 0 N–H and O–H groups in total. The number of nitrogens with zero attached hydrogens (tertiary/aromatic N) is 6. The van der Waals surface area contributed by atoms with Crippen molar-refractivity contribution in [2.75, 3.05) is 0 Å². The zero-order valence-corrected chi connectivity index (χ0v) is 17.5. The van der Waals surface area contributed by atoms with Crippen molar-refractivity contribution in [2.24, 2.45) is 7.05 Å². The van der Waals surface area contributed by atoms with Gasteiger partial charge in [-0.2, -0.15) is 0 Å². The van der Waals surface area contributed by atoms with E-state index in [2.05, 4.69) is 26.5 Å². The summed E-state index contributed by atoms with van der Waals surface area (Å²) in [5.74, 6) is 2.16. The fourth-order valence-corrected chi connectivity index (χ4v) is 4.27. The number of fused-ring (bicyclic) bond motifs is 3. The lowest BCUT2D eigenvalue weighted by molar-refractivity contribution is 0.465. The van der Waals surface area contributed by atoms with Crippen molar-refractivity contribution < 1.29 is 4.42 Å². The van der Waals surface area contributed by atoms with Gasteiger partial charge in [-0.3, -0.25) is 13.8 Å². The van der Waals surface area contributed by atoms with Gasteiger partial charge in [0.25, 0.3) is 10.8 Å². The van der Waals surface area contributed by atoms with Gasteiger partial charge >= 0.3 is 0 Å². The normalized spacial score (nSPS) is 11.6. The van der Waals surface area contributed by atoms with Gasteiger partial charge in [0.1, 0.15) is 5.82 Å². The number of hydrogen-bond acceptors (Lipinski definition) is 7. The molecule has 2 aromatic carbocycles. The number of para-hydroxylation sites is 1. The third-order valence-corrected chi connectivity index (χ3v) is 5.71. The van der Waals surface area contributed by atoms with Crippen LogP contribution in [0.3, 0.4) is 0 Å². The predicted octanol–water partition coefficient (Wildman–Crippen LogP) is 3.54. The summed E-state index contributed by atoms with van der Waals surface area (Å²) in [4.78, 5) is 12.6. The zero-order valence-electron chi connectivity index (χ0n) is 16.7. The third-order valence-electron chi connectivity index (χ3n) is 4.89. The Morgan fingerprint density at radius 3 is 2.57 bits per heavy atom. The molecule has 150 valence electrons. The van der Waals surface area contributed by atoms with Gasteiger partial charge in [0, 0.05) is 12.6 Å². The van der Waals surface area contributed by atoms with Crippen molar-refractivity contribution in [2.45, 2.75) is 24.8 Å². The second kappa shape index (κ2) is 7.10. The fraction of sp³-hybridized carbons (Fsp3) is 0.190. The van der Waals surface area contributed by atoms with Gasteiger partial charge in [0.15, 0.2) is 0 Å². The molecule has 5 aromatic rings. The smallest absolute Gasteiger partial charge is 0.277 e. The summed E-state index contributed by atoms with van der Waals surface area (Å²) in [5.41, 5.74) is 3.87. The van der Waals surface area contributed by atoms with Crippen LogP contribution in [-0.4, -0.2) is 29.4 Å². The van der Waals surface area contributed by atoms with E-state index in [1.54, 1.807) is 7.05 Å². The molecular formula is C21H18N6O2S. The maximum atomic E-state index is 12.6. The van der Waals surface area contributed by atoms with Crippen LogP contribution in [0.15, 0.2) is 56.9 Å². The molecule has 8 nitrogen and oxygen atoms in total. The largest absolute Gasteiger partial charge is 0.411 e. The molecule has 5 rings (SSSR count). The molecule has 0 amide bonds. The van der Waals surface area contributed by atoms with Crippen LogP contribution in [0.2, 0.25) is 0 Å². The van der Waals surface area contributed by atoms with Crippen LogP contribution in [0.25, 0.3) is 28.1 Å². The van der Waals surface area contributed by atoms with Crippen LogP contribution in [0, 0.1) is 13.8 Å². The average molecular weight is 418 g/mol. The number of benzene rings is 2. The average Bonchev–Trinajstić information content (AvgIpc) is 3.37. The first-order valence-corrected chi connectivity index (χ1v) is 10.4.